The van der Waals surface area contributed by atoms with Crippen LogP contribution in [0.4, 0.5) is 4.39 Å². The van der Waals surface area contributed by atoms with E-state index in [4.69, 9.17) is 5.10 Å². The van der Waals surface area contributed by atoms with Crippen LogP contribution >= 0.6 is 0 Å². The molecule has 0 bridgehead atoms. The molecule has 0 saturated carbocycles. The van der Waals surface area contributed by atoms with Crippen molar-refractivity contribution in [3.63, 3.8) is 0 Å². The number of fused-ring (bicyclic) bond motifs is 3. The van der Waals surface area contributed by atoms with Crippen LogP contribution in [-0.2, 0) is 6.42 Å². The molecule has 2 aromatic carbocycles. The molecule has 5 rings (SSSR count). The van der Waals surface area contributed by atoms with E-state index in [0.29, 0.717) is 17.6 Å². The fourth-order valence-electron chi connectivity index (χ4n) is 4.23. The Labute approximate surface area is 168 Å². The maximum atomic E-state index is 13.4. The van der Waals surface area contributed by atoms with Crippen LogP contribution in [0.2, 0.25) is 0 Å². The zero-order valence-electron chi connectivity index (χ0n) is 16.3. The van der Waals surface area contributed by atoms with E-state index >= 15 is 0 Å². The number of hydrogen-bond donors (Lipinski definition) is 0. The molecule has 1 unspecified atom stereocenters. The molecule has 0 spiro atoms. The van der Waals surface area contributed by atoms with Crippen LogP contribution in [0.5, 0.6) is 0 Å². The maximum absolute atomic E-state index is 13.4. The molecule has 4 aromatic rings. The van der Waals surface area contributed by atoms with E-state index in [0.717, 1.165) is 28.9 Å². The van der Waals surface area contributed by atoms with Gasteiger partial charge in [-0.25, -0.2) is 13.9 Å². The van der Waals surface area contributed by atoms with E-state index in [1.165, 1.54) is 23.3 Å². The molecule has 5 heteroatoms. The molecule has 2 aromatic heterocycles. The number of aromatic nitrogens is 3. The molecule has 0 fully saturated rings. The third-order valence-electron chi connectivity index (χ3n) is 5.77. The van der Waals surface area contributed by atoms with Crippen LogP contribution in [0.1, 0.15) is 45.2 Å². The largest absolute Gasteiger partial charge is 0.294 e. The Morgan fingerprint density at radius 2 is 1.72 bits per heavy atom. The molecule has 0 radical (unpaired) electrons. The lowest BCUT2D eigenvalue weighted by Gasteiger charge is -2.24. The first-order chi connectivity index (χ1) is 14.0. The molecule has 1 atom stereocenters. The van der Waals surface area contributed by atoms with Crippen molar-refractivity contribution in [3.05, 3.63) is 88.6 Å². The SMILES string of the molecule is Cc1ccc(C2CC(=O)c3cnc4c(-c5ccc(F)cc5)c(C)nn4c3C2)cc1. The van der Waals surface area contributed by atoms with E-state index in [9.17, 15) is 9.18 Å². The summed E-state index contributed by atoms with van der Waals surface area (Å²) in [6, 6.07) is 14.7. The van der Waals surface area contributed by atoms with Gasteiger partial charge in [-0.15, -0.1) is 0 Å². The molecule has 0 amide bonds. The minimum absolute atomic E-state index is 0.0997. The van der Waals surface area contributed by atoms with Gasteiger partial charge in [-0.1, -0.05) is 42.0 Å². The van der Waals surface area contributed by atoms with E-state index in [-0.39, 0.29) is 17.5 Å². The first kappa shape index (κ1) is 17.7. The summed E-state index contributed by atoms with van der Waals surface area (Å²) in [4.78, 5) is 17.4. The van der Waals surface area contributed by atoms with Gasteiger partial charge in [0.1, 0.15) is 5.82 Å². The highest BCUT2D eigenvalue weighted by Crippen LogP contribution is 2.35. The first-order valence-electron chi connectivity index (χ1n) is 9.74. The van der Waals surface area contributed by atoms with Crippen molar-refractivity contribution < 1.29 is 9.18 Å². The normalized spacial score (nSPS) is 16.2. The number of hydrogen-bond acceptors (Lipinski definition) is 3. The summed E-state index contributed by atoms with van der Waals surface area (Å²) in [6.45, 7) is 3.98. The van der Waals surface area contributed by atoms with Crippen molar-refractivity contribution in [1.29, 1.82) is 0 Å². The Hall–Kier alpha value is -3.34. The van der Waals surface area contributed by atoms with E-state index < -0.39 is 0 Å². The van der Waals surface area contributed by atoms with E-state index in [1.54, 1.807) is 18.3 Å². The zero-order chi connectivity index (χ0) is 20.1. The third kappa shape index (κ3) is 2.94. The summed E-state index contributed by atoms with van der Waals surface area (Å²) < 4.78 is 15.2. The van der Waals surface area contributed by atoms with Gasteiger partial charge in [0.2, 0.25) is 0 Å². The number of carbonyl (C=O) groups is 1. The Morgan fingerprint density at radius 1 is 1.00 bits per heavy atom. The lowest BCUT2D eigenvalue weighted by molar-refractivity contribution is 0.0962. The number of ketones is 1. The van der Waals surface area contributed by atoms with Crippen molar-refractivity contribution >= 4 is 11.4 Å². The quantitative estimate of drug-likeness (QED) is 0.484. The monoisotopic (exact) mass is 385 g/mol. The molecule has 2 heterocycles. The summed E-state index contributed by atoms with van der Waals surface area (Å²) in [7, 11) is 0. The number of halogens is 1. The highest BCUT2D eigenvalue weighted by molar-refractivity contribution is 5.99. The highest BCUT2D eigenvalue weighted by Gasteiger charge is 2.30. The summed E-state index contributed by atoms with van der Waals surface area (Å²) in [6.07, 6.45) is 2.88. The highest BCUT2D eigenvalue weighted by atomic mass is 19.1. The molecule has 1 aliphatic rings. The van der Waals surface area contributed by atoms with Gasteiger partial charge >= 0.3 is 0 Å². The molecule has 1 aliphatic carbocycles. The first-order valence-corrected chi connectivity index (χ1v) is 9.74. The average molecular weight is 385 g/mol. The fourth-order valence-corrected chi connectivity index (χ4v) is 4.23. The minimum Gasteiger partial charge on any atom is -0.294 e. The number of carbonyl (C=O) groups excluding carboxylic acids is 1. The van der Waals surface area contributed by atoms with Gasteiger partial charge in [-0.3, -0.25) is 4.79 Å². The van der Waals surface area contributed by atoms with Crippen LogP contribution in [0.15, 0.2) is 54.7 Å². The number of Topliss-reactive ketones (excluding diaryl/α,β-unsaturated/α-hetero) is 1. The molecule has 0 saturated heterocycles. The standard InChI is InChI=1S/C24H20FN3O/c1-14-3-5-16(6-4-14)18-11-21-20(22(29)12-18)13-26-24-23(15(2)27-28(21)24)17-7-9-19(25)10-8-17/h3-10,13,18H,11-12H2,1-2H3. The summed E-state index contributed by atoms with van der Waals surface area (Å²) >= 11 is 0. The van der Waals surface area contributed by atoms with Crippen LogP contribution in [-0.4, -0.2) is 20.4 Å². The van der Waals surface area contributed by atoms with Gasteiger partial charge in [-0.2, -0.15) is 5.10 Å². The minimum atomic E-state index is -0.278. The molecule has 0 aliphatic heterocycles. The third-order valence-corrected chi connectivity index (χ3v) is 5.77. The number of aryl methyl sites for hydroxylation is 2. The zero-order valence-corrected chi connectivity index (χ0v) is 16.3. The molecule has 144 valence electrons. The molecular formula is C24H20FN3O. The second kappa shape index (κ2) is 6.62. The number of rotatable bonds is 2. The Bertz CT molecular complexity index is 1240. The van der Waals surface area contributed by atoms with Crippen molar-refractivity contribution in [2.24, 2.45) is 0 Å². The molecule has 4 nitrogen and oxygen atoms in total. The maximum Gasteiger partial charge on any atom is 0.166 e. The second-order valence-electron chi connectivity index (χ2n) is 7.76. The average Bonchev–Trinajstić information content (AvgIpc) is 3.05. The van der Waals surface area contributed by atoms with Gasteiger partial charge in [0.15, 0.2) is 11.4 Å². The Balaban J connectivity index is 1.65. The van der Waals surface area contributed by atoms with Crippen molar-refractivity contribution in [1.82, 2.24) is 14.6 Å². The van der Waals surface area contributed by atoms with Crippen LogP contribution in [0.25, 0.3) is 16.8 Å². The van der Waals surface area contributed by atoms with Crippen molar-refractivity contribution in [3.8, 4) is 11.1 Å². The predicted octanol–water partition coefficient (Wildman–Crippen LogP) is 5.06. The van der Waals surface area contributed by atoms with E-state index in [2.05, 4.69) is 36.2 Å². The topological polar surface area (TPSA) is 47.3 Å². The summed E-state index contributed by atoms with van der Waals surface area (Å²) in [5.74, 6) is -0.0533. The smallest absolute Gasteiger partial charge is 0.166 e. The lowest BCUT2D eigenvalue weighted by Crippen LogP contribution is -2.22. The molecular weight excluding hydrogens is 365 g/mol. The van der Waals surface area contributed by atoms with Gasteiger partial charge in [0, 0.05) is 18.2 Å². The number of benzene rings is 2. The number of nitrogens with zero attached hydrogens (tertiary/aromatic N) is 3. The molecule has 0 N–H and O–H groups in total. The Kier molecular flexibility index (Phi) is 4.05. The van der Waals surface area contributed by atoms with Crippen LogP contribution in [0.3, 0.4) is 0 Å². The lowest BCUT2D eigenvalue weighted by atomic mass is 9.82. The summed E-state index contributed by atoms with van der Waals surface area (Å²) in [5.41, 5.74) is 7.16. The van der Waals surface area contributed by atoms with E-state index in [1.807, 2.05) is 11.4 Å². The van der Waals surface area contributed by atoms with Crippen molar-refractivity contribution in [2.45, 2.75) is 32.6 Å². The van der Waals surface area contributed by atoms with Gasteiger partial charge in [0.05, 0.1) is 17.0 Å². The fraction of sp³-hybridized carbons (Fsp3) is 0.208. The van der Waals surface area contributed by atoms with Gasteiger partial charge in [-0.05, 0) is 49.4 Å². The summed E-state index contributed by atoms with van der Waals surface area (Å²) in [5, 5.41) is 4.71. The van der Waals surface area contributed by atoms with Gasteiger partial charge < -0.3 is 0 Å². The van der Waals surface area contributed by atoms with Gasteiger partial charge in [0.25, 0.3) is 0 Å². The molecule has 29 heavy (non-hydrogen) atoms. The Morgan fingerprint density at radius 3 is 2.45 bits per heavy atom. The van der Waals surface area contributed by atoms with Crippen LogP contribution < -0.4 is 0 Å². The predicted molar refractivity (Wildman–Crippen MR) is 110 cm³/mol. The second-order valence-corrected chi connectivity index (χ2v) is 7.76. The van der Waals surface area contributed by atoms with Crippen LogP contribution in [0, 0.1) is 19.7 Å². The van der Waals surface area contributed by atoms with Crippen molar-refractivity contribution in [2.75, 3.05) is 0 Å².